The first-order chi connectivity index (χ1) is 14.1. The summed E-state index contributed by atoms with van der Waals surface area (Å²) in [6.45, 7) is 4.82. The Bertz CT molecular complexity index is 823. The maximum absolute atomic E-state index is 10.7. The van der Waals surface area contributed by atoms with Gasteiger partial charge in [0.15, 0.2) is 0 Å². The van der Waals surface area contributed by atoms with E-state index in [2.05, 4.69) is 31.0 Å². The van der Waals surface area contributed by atoms with Crippen molar-refractivity contribution in [2.75, 3.05) is 6.61 Å². The predicted octanol–water partition coefficient (Wildman–Crippen LogP) is 4.19. The van der Waals surface area contributed by atoms with E-state index in [0.717, 1.165) is 36.4 Å². The van der Waals surface area contributed by atoms with Crippen molar-refractivity contribution in [1.29, 1.82) is 0 Å². The molecule has 5 atom stereocenters. The zero-order chi connectivity index (χ0) is 20.4. The van der Waals surface area contributed by atoms with Crippen LogP contribution in [0, 0.1) is 18.8 Å². The molecule has 2 fully saturated rings. The van der Waals surface area contributed by atoms with Gasteiger partial charge < -0.3 is 19.7 Å². The van der Waals surface area contributed by atoms with E-state index in [9.17, 15) is 10.2 Å². The molecular formula is C23H31NO4S. The van der Waals surface area contributed by atoms with E-state index in [1.165, 1.54) is 11.1 Å². The molecule has 0 amide bonds. The number of rotatable bonds is 7. The van der Waals surface area contributed by atoms with Gasteiger partial charge in [0.1, 0.15) is 16.9 Å². The summed E-state index contributed by atoms with van der Waals surface area (Å²) in [4.78, 5) is 4.47. The normalized spacial score (nSPS) is 29.0. The molecule has 5 nitrogen and oxygen atoms in total. The third-order valence-electron chi connectivity index (χ3n) is 6.39. The van der Waals surface area contributed by atoms with Crippen LogP contribution in [0.1, 0.15) is 60.5 Å². The molecule has 0 spiro atoms. The number of hydrogen-bond acceptors (Lipinski definition) is 6. The molecule has 1 aromatic carbocycles. The largest absolute Gasteiger partial charge is 0.493 e. The number of benzene rings is 1. The zero-order valence-electron chi connectivity index (χ0n) is 17.2. The maximum Gasteiger partial charge on any atom is 0.122 e. The average molecular weight is 418 g/mol. The maximum atomic E-state index is 10.7. The Morgan fingerprint density at radius 3 is 2.93 bits per heavy atom. The highest BCUT2D eigenvalue weighted by molar-refractivity contribution is 7.09. The minimum Gasteiger partial charge on any atom is -0.493 e. The SMILES string of the molecule is CCCc1cc(OC[C@@H]2[C@H]3CC[C@H](c4nc(CO)cs4)O[C@H]3C[C@@H]2O)ccc1C. The molecule has 1 aliphatic carbocycles. The third kappa shape index (κ3) is 4.50. The van der Waals surface area contributed by atoms with Crippen LogP contribution in [0.2, 0.25) is 0 Å². The van der Waals surface area contributed by atoms with Crippen molar-refractivity contribution in [3.05, 3.63) is 45.4 Å². The summed E-state index contributed by atoms with van der Waals surface area (Å²) in [6.07, 6.45) is 4.36. The average Bonchev–Trinajstić information content (AvgIpc) is 3.32. The van der Waals surface area contributed by atoms with E-state index in [1.807, 2.05) is 11.4 Å². The first kappa shape index (κ1) is 20.8. The Balaban J connectivity index is 1.37. The second-order valence-electron chi connectivity index (χ2n) is 8.36. The number of fused-ring (bicyclic) bond motifs is 1. The van der Waals surface area contributed by atoms with Crippen LogP contribution in [0.15, 0.2) is 23.6 Å². The minimum absolute atomic E-state index is 0.0258. The lowest BCUT2D eigenvalue weighted by Gasteiger charge is -2.33. The molecule has 2 N–H and O–H groups in total. The third-order valence-corrected chi connectivity index (χ3v) is 7.37. The molecule has 6 heteroatoms. The Labute approximate surface area is 176 Å². The van der Waals surface area contributed by atoms with Gasteiger partial charge in [-0.2, -0.15) is 0 Å². The molecule has 2 heterocycles. The van der Waals surface area contributed by atoms with Gasteiger partial charge in [-0.15, -0.1) is 11.3 Å². The van der Waals surface area contributed by atoms with Crippen LogP contribution in [0.25, 0.3) is 0 Å². The monoisotopic (exact) mass is 417 g/mol. The predicted molar refractivity (Wildman–Crippen MR) is 113 cm³/mol. The zero-order valence-corrected chi connectivity index (χ0v) is 18.0. The fourth-order valence-corrected chi connectivity index (χ4v) is 5.64. The van der Waals surface area contributed by atoms with Gasteiger partial charge in [0.2, 0.25) is 0 Å². The van der Waals surface area contributed by atoms with Crippen molar-refractivity contribution >= 4 is 11.3 Å². The molecule has 0 bridgehead atoms. The topological polar surface area (TPSA) is 71.8 Å². The smallest absolute Gasteiger partial charge is 0.122 e. The van der Waals surface area contributed by atoms with Crippen LogP contribution in [-0.2, 0) is 17.8 Å². The molecule has 1 saturated heterocycles. The highest BCUT2D eigenvalue weighted by atomic mass is 32.1. The van der Waals surface area contributed by atoms with Gasteiger partial charge >= 0.3 is 0 Å². The minimum atomic E-state index is -0.395. The van der Waals surface area contributed by atoms with Crippen LogP contribution in [0.5, 0.6) is 5.75 Å². The molecule has 0 unspecified atom stereocenters. The van der Waals surface area contributed by atoms with Gasteiger partial charge in [0.25, 0.3) is 0 Å². The first-order valence-corrected chi connectivity index (χ1v) is 11.6. The van der Waals surface area contributed by atoms with E-state index in [0.29, 0.717) is 24.6 Å². The van der Waals surface area contributed by atoms with Crippen LogP contribution in [-0.4, -0.2) is 34.0 Å². The number of aromatic nitrogens is 1. The van der Waals surface area contributed by atoms with Gasteiger partial charge in [-0.3, -0.25) is 0 Å². The quantitative estimate of drug-likeness (QED) is 0.707. The Kier molecular flexibility index (Phi) is 6.54. The van der Waals surface area contributed by atoms with Crippen LogP contribution in [0.3, 0.4) is 0 Å². The summed E-state index contributed by atoms with van der Waals surface area (Å²) in [7, 11) is 0. The summed E-state index contributed by atoms with van der Waals surface area (Å²) in [5.41, 5.74) is 3.34. The molecule has 1 saturated carbocycles. The first-order valence-electron chi connectivity index (χ1n) is 10.7. The van der Waals surface area contributed by atoms with Crippen molar-refractivity contribution in [3.8, 4) is 5.75 Å². The van der Waals surface area contributed by atoms with Gasteiger partial charge in [-0.1, -0.05) is 19.4 Å². The fraction of sp³-hybridized carbons (Fsp3) is 0.609. The standard InChI is InChI=1S/C23H31NO4S/c1-3-4-15-9-17(6-5-14(15)2)27-12-19-18-7-8-21(28-22(18)10-20(19)26)23-24-16(11-25)13-29-23/h5-6,9,13,18-22,25-26H,3-4,7-8,10-12H2,1-2H3/t18-,19-,20+,21-,22+/m1/s1. The summed E-state index contributed by atoms with van der Waals surface area (Å²) < 4.78 is 12.5. The Morgan fingerprint density at radius 2 is 2.17 bits per heavy atom. The Hall–Kier alpha value is -1.47. The highest BCUT2D eigenvalue weighted by Crippen LogP contribution is 2.46. The fourth-order valence-electron chi connectivity index (χ4n) is 4.76. The number of aliphatic hydroxyl groups excluding tert-OH is 2. The molecule has 4 rings (SSSR count). The lowest BCUT2D eigenvalue weighted by atomic mass is 9.87. The van der Waals surface area contributed by atoms with Gasteiger partial charge in [-0.05, 0) is 55.4 Å². The summed E-state index contributed by atoms with van der Waals surface area (Å²) in [5.74, 6) is 1.31. The van der Waals surface area contributed by atoms with Crippen molar-refractivity contribution < 1.29 is 19.7 Å². The van der Waals surface area contributed by atoms with Crippen LogP contribution >= 0.6 is 11.3 Å². The molecule has 1 aromatic heterocycles. The molecule has 1 aliphatic heterocycles. The number of aryl methyl sites for hydroxylation is 2. The molecule has 29 heavy (non-hydrogen) atoms. The second kappa shape index (κ2) is 9.13. The number of ether oxygens (including phenoxy) is 2. The number of hydrogen-bond donors (Lipinski definition) is 2. The van der Waals surface area contributed by atoms with Crippen molar-refractivity contribution in [1.82, 2.24) is 4.98 Å². The molecular weight excluding hydrogens is 386 g/mol. The van der Waals surface area contributed by atoms with E-state index < -0.39 is 6.10 Å². The second-order valence-corrected chi connectivity index (χ2v) is 9.25. The van der Waals surface area contributed by atoms with Gasteiger partial charge in [0, 0.05) is 17.7 Å². The summed E-state index contributed by atoms with van der Waals surface area (Å²) in [6, 6.07) is 6.30. The van der Waals surface area contributed by atoms with Crippen molar-refractivity contribution in [2.24, 2.45) is 11.8 Å². The molecule has 158 valence electrons. The number of thiazole rings is 1. The van der Waals surface area contributed by atoms with E-state index in [-0.39, 0.29) is 24.7 Å². The van der Waals surface area contributed by atoms with Crippen molar-refractivity contribution in [3.63, 3.8) is 0 Å². The molecule has 2 aliphatic rings. The van der Waals surface area contributed by atoms with Gasteiger partial charge in [0.05, 0.1) is 31.1 Å². The number of nitrogens with zero attached hydrogens (tertiary/aromatic N) is 1. The van der Waals surface area contributed by atoms with E-state index in [1.54, 1.807) is 11.3 Å². The van der Waals surface area contributed by atoms with E-state index >= 15 is 0 Å². The van der Waals surface area contributed by atoms with Gasteiger partial charge in [-0.25, -0.2) is 4.98 Å². The summed E-state index contributed by atoms with van der Waals surface area (Å²) >= 11 is 1.55. The molecule has 2 aromatic rings. The summed E-state index contributed by atoms with van der Waals surface area (Å²) in [5, 5.41) is 22.7. The number of aliphatic hydroxyl groups is 2. The van der Waals surface area contributed by atoms with E-state index in [4.69, 9.17) is 9.47 Å². The lowest BCUT2D eigenvalue weighted by Crippen LogP contribution is -2.33. The van der Waals surface area contributed by atoms with Crippen molar-refractivity contribution in [2.45, 2.75) is 70.9 Å². The highest BCUT2D eigenvalue weighted by Gasteiger charge is 2.47. The lowest BCUT2D eigenvalue weighted by molar-refractivity contribution is -0.0812. The Morgan fingerprint density at radius 1 is 1.31 bits per heavy atom. The molecule has 0 radical (unpaired) electrons. The van der Waals surface area contributed by atoms with Crippen LogP contribution in [0.4, 0.5) is 0 Å². The van der Waals surface area contributed by atoms with Crippen LogP contribution < -0.4 is 4.74 Å².